The second-order valence-corrected chi connectivity index (χ2v) is 5.65. The largest absolute Gasteiger partial charge is 0.432 e. The normalized spacial score (nSPS) is 17.7. The Bertz CT molecular complexity index is 502. The summed E-state index contributed by atoms with van der Waals surface area (Å²) in [7, 11) is 0. The van der Waals surface area contributed by atoms with Gasteiger partial charge in [-0.3, -0.25) is 4.79 Å². The second kappa shape index (κ2) is 9.12. The van der Waals surface area contributed by atoms with Crippen molar-refractivity contribution in [2.75, 3.05) is 23.4 Å². The summed E-state index contributed by atoms with van der Waals surface area (Å²) in [5.41, 5.74) is 0.211. The maximum Gasteiger partial charge on any atom is 0.387 e. The Labute approximate surface area is 136 Å². The molecule has 2 N–H and O–H groups in total. The number of ether oxygens (including phenoxy) is 1. The van der Waals surface area contributed by atoms with Crippen LogP contribution in [0.2, 0.25) is 0 Å². The van der Waals surface area contributed by atoms with E-state index in [0.29, 0.717) is 0 Å². The van der Waals surface area contributed by atoms with Crippen LogP contribution in [0.3, 0.4) is 0 Å². The van der Waals surface area contributed by atoms with Crippen LogP contribution in [0.25, 0.3) is 0 Å². The van der Waals surface area contributed by atoms with Gasteiger partial charge in [0.15, 0.2) is 11.6 Å². The number of carbonyl (C=O) groups is 1. The molecule has 1 fully saturated rings. The Balaban J connectivity index is 0.00000242. The second-order valence-electron chi connectivity index (χ2n) is 4.50. The highest BCUT2D eigenvalue weighted by molar-refractivity contribution is 7.99. The maximum atomic E-state index is 13.5. The SMILES string of the molecule is Cl.O=C(CC1CSCCN1)Nc1ccc(OC(F)F)c(F)c1. The van der Waals surface area contributed by atoms with Crippen LogP contribution in [0.4, 0.5) is 18.9 Å². The summed E-state index contributed by atoms with van der Waals surface area (Å²) < 4.78 is 41.5. The van der Waals surface area contributed by atoms with Crippen molar-refractivity contribution in [2.45, 2.75) is 19.1 Å². The minimum Gasteiger partial charge on any atom is -0.432 e. The summed E-state index contributed by atoms with van der Waals surface area (Å²) in [6.07, 6.45) is 0.282. The third-order valence-electron chi connectivity index (χ3n) is 2.86. The number of nitrogens with one attached hydrogen (secondary N) is 2. The van der Waals surface area contributed by atoms with Gasteiger partial charge in [-0.1, -0.05) is 0 Å². The number of alkyl halides is 2. The zero-order valence-electron chi connectivity index (χ0n) is 11.5. The topological polar surface area (TPSA) is 50.4 Å². The Morgan fingerprint density at radius 3 is 2.86 bits per heavy atom. The molecule has 1 aliphatic heterocycles. The lowest BCUT2D eigenvalue weighted by atomic mass is 10.2. The average Bonchev–Trinajstić information content (AvgIpc) is 2.42. The molecule has 1 aliphatic rings. The first-order valence-electron chi connectivity index (χ1n) is 6.40. The molecular formula is C13H16ClF3N2O2S. The smallest absolute Gasteiger partial charge is 0.387 e. The highest BCUT2D eigenvalue weighted by Crippen LogP contribution is 2.23. The molecule has 124 valence electrons. The molecule has 4 nitrogen and oxygen atoms in total. The molecule has 1 amide bonds. The van der Waals surface area contributed by atoms with E-state index in [1.165, 1.54) is 6.07 Å². The predicted molar refractivity (Wildman–Crippen MR) is 82.6 cm³/mol. The van der Waals surface area contributed by atoms with E-state index in [4.69, 9.17) is 0 Å². The Hall–Kier alpha value is -1.12. The zero-order valence-corrected chi connectivity index (χ0v) is 13.1. The summed E-state index contributed by atoms with van der Waals surface area (Å²) in [5.74, 6) is 0.127. The lowest BCUT2D eigenvalue weighted by Crippen LogP contribution is -2.39. The van der Waals surface area contributed by atoms with Gasteiger partial charge in [0.25, 0.3) is 0 Å². The lowest BCUT2D eigenvalue weighted by Gasteiger charge is -2.22. The van der Waals surface area contributed by atoms with Crippen molar-refractivity contribution in [3.8, 4) is 5.75 Å². The number of amides is 1. The van der Waals surface area contributed by atoms with Crippen molar-refractivity contribution in [3.05, 3.63) is 24.0 Å². The summed E-state index contributed by atoms with van der Waals surface area (Å²) >= 11 is 1.77. The molecule has 9 heteroatoms. The van der Waals surface area contributed by atoms with E-state index in [9.17, 15) is 18.0 Å². The van der Waals surface area contributed by atoms with Gasteiger partial charge in [0.2, 0.25) is 5.91 Å². The van der Waals surface area contributed by atoms with E-state index in [2.05, 4.69) is 15.4 Å². The summed E-state index contributed by atoms with van der Waals surface area (Å²) in [5, 5.41) is 5.76. The number of hydrogen-bond donors (Lipinski definition) is 2. The Morgan fingerprint density at radius 2 is 2.27 bits per heavy atom. The third kappa shape index (κ3) is 5.94. The molecule has 1 unspecified atom stereocenters. The van der Waals surface area contributed by atoms with Crippen molar-refractivity contribution in [2.24, 2.45) is 0 Å². The number of benzene rings is 1. The lowest BCUT2D eigenvalue weighted by molar-refractivity contribution is -0.116. The van der Waals surface area contributed by atoms with Crippen LogP contribution >= 0.6 is 24.2 Å². The first-order chi connectivity index (χ1) is 10.0. The number of halogens is 4. The zero-order chi connectivity index (χ0) is 15.2. The number of rotatable bonds is 5. The fourth-order valence-corrected chi connectivity index (χ4v) is 2.91. The standard InChI is InChI=1S/C13H15F3N2O2S.ClH/c14-10-5-8(1-2-11(10)20-13(15)16)18-12(19)6-9-7-21-4-3-17-9;/h1-2,5,9,13,17H,3-4,6-7H2,(H,18,19);1H. The molecule has 0 bridgehead atoms. The van der Waals surface area contributed by atoms with Gasteiger partial charge in [0.05, 0.1) is 0 Å². The highest BCUT2D eigenvalue weighted by atomic mass is 35.5. The minimum atomic E-state index is -3.09. The molecule has 2 rings (SSSR count). The quantitative estimate of drug-likeness (QED) is 0.851. The van der Waals surface area contributed by atoms with Crippen molar-refractivity contribution in [1.29, 1.82) is 0 Å². The number of hydrogen-bond acceptors (Lipinski definition) is 4. The first-order valence-corrected chi connectivity index (χ1v) is 7.55. The molecule has 0 aromatic heterocycles. The Morgan fingerprint density at radius 1 is 1.50 bits per heavy atom. The summed E-state index contributed by atoms with van der Waals surface area (Å²) in [6.45, 7) is -2.23. The monoisotopic (exact) mass is 356 g/mol. The van der Waals surface area contributed by atoms with Crippen LogP contribution in [0, 0.1) is 5.82 Å². The summed E-state index contributed by atoms with van der Waals surface area (Å²) in [4.78, 5) is 11.8. The third-order valence-corrected chi connectivity index (χ3v) is 3.99. The number of anilines is 1. The van der Waals surface area contributed by atoms with Gasteiger partial charge in [0.1, 0.15) is 0 Å². The fourth-order valence-electron chi connectivity index (χ4n) is 1.96. The molecule has 1 heterocycles. The van der Waals surface area contributed by atoms with E-state index in [-0.39, 0.29) is 36.5 Å². The first kappa shape index (κ1) is 18.9. The van der Waals surface area contributed by atoms with Crippen molar-refractivity contribution >= 4 is 35.8 Å². The molecule has 0 aliphatic carbocycles. The predicted octanol–water partition coefficient (Wildman–Crippen LogP) is 2.88. The molecule has 1 saturated heterocycles. The van der Waals surface area contributed by atoms with Crippen molar-refractivity contribution in [1.82, 2.24) is 5.32 Å². The van der Waals surface area contributed by atoms with Gasteiger partial charge in [-0.15, -0.1) is 12.4 Å². The van der Waals surface area contributed by atoms with E-state index >= 15 is 0 Å². The summed E-state index contributed by atoms with van der Waals surface area (Å²) in [6, 6.07) is 3.43. The average molecular weight is 357 g/mol. The maximum absolute atomic E-state index is 13.5. The highest BCUT2D eigenvalue weighted by Gasteiger charge is 2.17. The van der Waals surface area contributed by atoms with E-state index in [1.807, 2.05) is 0 Å². The molecular weight excluding hydrogens is 341 g/mol. The van der Waals surface area contributed by atoms with Crippen LogP contribution in [0.15, 0.2) is 18.2 Å². The van der Waals surface area contributed by atoms with Gasteiger partial charge in [0, 0.05) is 42.3 Å². The van der Waals surface area contributed by atoms with Crippen molar-refractivity contribution < 1.29 is 22.7 Å². The molecule has 0 saturated carbocycles. The van der Waals surface area contributed by atoms with Crippen molar-refractivity contribution in [3.63, 3.8) is 0 Å². The molecule has 1 atom stereocenters. The van der Waals surface area contributed by atoms with Crippen LogP contribution in [-0.4, -0.2) is 36.6 Å². The number of carbonyl (C=O) groups excluding carboxylic acids is 1. The van der Waals surface area contributed by atoms with Crippen LogP contribution in [-0.2, 0) is 4.79 Å². The van der Waals surface area contributed by atoms with Crippen LogP contribution in [0.1, 0.15) is 6.42 Å². The van der Waals surface area contributed by atoms with Gasteiger partial charge in [-0.2, -0.15) is 20.5 Å². The van der Waals surface area contributed by atoms with Crippen LogP contribution < -0.4 is 15.4 Å². The minimum absolute atomic E-state index is 0. The molecule has 1 aromatic carbocycles. The fraction of sp³-hybridized carbons (Fsp3) is 0.462. The molecule has 0 spiro atoms. The van der Waals surface area contributed by atoms with Gasteiger partial charge < -0.3 is 15.4 Å². The van der Waals surface area contributed by atoms with E-state index in [1.54, 1.807) is 11.8 Å². The molecule has 22 heavy (non-hydrogen) atoms. The molecule has 1 aromatic rings. The molecule has 0 radical (unpaired) electrons. The number of thioether (sulfide) groups is 1. The van der Waals surface area contributed by atoms with E-state index < -0.39 is 18.2 Å². The van der Waals surface area contributed by atoms with E-state index in [0.717, 1.165) is 30.2 Å². The van der Waals surface area contributed by atoms with Crippen LogP contribution in [0.5, 0.6) is 5.75 Å². The van der Waals surface area contributed by atoms with Gasteiger partial charge in [-0.25, -0.2) is 4.39 Å². The Kier molecular flexibility index (Phi) is 7.84. The van der Waals surface area contributed by atoms with Gasteiger partial charge >= 0.3 is 6.61 Å². The van der Waals surface area contributed by atoms with Gasteiger partial charge in [-0.05, 0) is 12.1 Å².